The van der Waals surface area contributed by atoms with E-state index in [0.29, 0.717) is 24.5 Å². The fourth-order valence-corrected chi connectivity index (χ4v) is 5.42. The van der Waals surface area contributed by atoms with Crippen molar-refractivity contribution < 1.29 is 23.8 Å². The molecule has 38 heavy (non-hydrogen) atoms. The number of benzene rings is 2. The summed E-state index contributed by atoms with van der Waals surface area (Å²) in [4.78, 5) is 31.3. The van der Waals surface area contributed by atoms with E-state index in [9.17, 15) is 9.59 Å². The lowest BCUT2D eigenvalue weighted by molar-refractivity contribution is -0.148. The van der Waals surface area contributed by atoms with Gasteiger partial charge in [0, 0.05) is 36.1 Å². The molecule has 0 radical (unpaired) electrons. The van der Waals surface area contributed by atoms with E-state index in [2.05, 4.69) is 16.3 Å². The second-order valence-corrected chi connectivity index (χ2v) is 10.3. The van der Waals surface area contributed by atoms with Gasteiger partial charge in [-0.05, 0) is 83.1 Å². The van der Waals surface area contributed by atoms with Gasteiger partial charge in [0.1, 0.15) is 6.10 Å². The van der Waals surface area contributed by atoms with Crippen molar-refractivity contribution in [2.75, 3.05) is 39.7 Å². The number of carbonyl (C=O) groups excluding carboxylic acids is 2. The van der Waals surface area contributed by atoms with Crippen molar-refractivity contribution >= 4 is 23.3 Å². The molecule has 3 unspecified atom stereocenters. The minimum Gasteiger partial charge on any atom is -0.493 e. The van der Waals surface area contributed by atoms with Crippen molar-refractivity contribution in [3.05, 3.63) is 53.1 Å². The van der Waals surface area contributed by atoms with Gasteiger partial charge in [0.2, 0.25) is 5.91 Å². The first-order valence-electron chi connectivity index (χ1n) is 13.4. The molecule has 8 heteroatoms. The van der Waals surface area contributed by atoms with Crippen LogP contribution < -0.4 is 14.8 Å². The quantitative estimate of drug-likeness (QED) is 0.452. The lowest BCUT2D eigenvalue weighted by Gasteiger charge is -2.38. The molecule has 4 rings (SSSR count). The average Bonchev–Trinajstić information content (AvgIpc) is 2.88. The van der Waals surface area contributed by atoms with Gasteiger partial charge in [0.05, 0.1) is 25.5 Å². The van der Waals surface area contributed by atoms with Crippen LogP contribution in [-0.4, -0.2) is 69.0 Å². The van der Waals surface area contributed by atoms with E-state index in [-0.39, 0.29) is 29.9 Å². The maximum absolute atomic E-state index is 12.3. The van der Waals surface area contributed by atoms with Gasteiger partial charge >= 0.3 is 5.97 Å². The third kappa shape index (κ3) is 6.54. The summed E-state index contributed by atoms with van der Waals surface area (Å²) in [5.74, 6) is 1.25. The van der Waals surface area contributed by atoms with E-state index in [0.717, 1.165) is 60.3 Å². The Hall–Kier alpha value is -3.39. The summed E-state index contributed by atoms with van der Waals surface area (Å²) < 4.78 is 17.2. The van der Waals surface area contributed by atoms with Crippen LogP contribution in [0.15, 0.2) is 41.4 Å². The van der Waals surface area contributed by atoms with Gasteiger partial charge in [-0.3, -0.25) is 14.6 Å². The summed E-state index contributed by atoms with van der Waals surface area (Å²) in [5, 5.41) is 3.00. The van der Waals surface area contributed by atoms with Gasteiger partial charge in [-0.2, -0.15) is 0 Å². The number of nitrogens with one attached hydrogen (secondary N) is 1. The molecule has 1 heterocycles. The van der Waals surface area contributed by atoms with Crippen LogP contribution in [0.2, 0.25) is 0 Å². The molecule has 0 saturated heterocycles. The number of ether oxygens (including phenoxy) is 3. The minimum absolute atomic E-state index is 0.0144. The van der Waals surface area contributed by atoms with Crippen LogP contribution in [-0.2, 0) is 14.3 Å². The number of aliphatic imine (C=N–C) groups is 1. The Kier molecular flexibility index (Phi) is 9.05. The predicted octanol–water partition coefficient (Wildman–Crippen LogP) is 4.79. The van der Waals surface area contributed by atoms with Gasteiger partial charge in [0.25, 0.3) is 0 Å². The molecular formula is C30H39N3O5. The van der Waals surface area contributed by atoms with Crippen LogP contribution >= 0.6 is 0 Å². The topological polar surface area (TPSA) is 89.5 Å². The van der Waals surface area contributed by atoms with Gasteiger partial charge in [-0.15, -0.1) is 0 Å². The molecule has 1 N–H and O–H groups in total. The van der Waals surface area contributed by atoms with Crippen LogP contribution in [0.5, 0.6) is 11.5 Å². The molecule has 2 aromatic rings. The van der Waals surface area contributed by atoms with E-state index in [1.165, 1.54) is 6.92 Å². The molecule has 0 bridgehead atoms. The molecule has 1 aliphatic heterocycles. The number of nitrogens with zero attached hydrogens (tertiary/aromatic N) is 2. The number of anilines is 1. The number of amides is 1. The maximum atomic E-state index is 12.3. The monoisotopic (exact) mass is 521 g/mol. The zero-order valence-corrected chi connectivity index (χ0v) is 23.1. The first-order valence-corrected chi connectivity index (χ1v) is 13.4. The van der Waals surface area contributed by atoms with Crippen molar-refractivity contribution in [2.24, 2.45) is 4.99 Å². The summed E-state index contributed by atoms with van der Waals surface area (Å²) in [7, 11) is 5.65. The first kappa shape index (κ1) is 27.6. The summed E-state index contributed by atoms with van der Waals surface area (Å²) in [6, 6.07) is 12.0. The lowest BCUT2D eigenvalue weighted by atomic mass is 9.74. The minimum atomic E-state index is -0.247. The molecule has 0 aromatic heterocycles. The van der Waals surface area contributed by atoms with E-state index in [1.807, 2.05) is 51.4 Å². The average molecular weight is 522 g/mol. The fourth-order valence-electron chi connectivity index (χ4n) is 5.42. The highest BCUT2D eigenvalue weighted by atomic mass is 16.5. The summed E-state index contributed by atoms with van der Waals surface area (Å²) in [6.07, 6.45) is 3.54. The molecule has 8 nitrogen and oxygen atoms in total. The molecule has 1 fully saturated rings. The second-order valence-electron chi connectivity index (χ2n) is 10.3. The Balaban J connectivity index is 1.62. The third-order valence-electron chi connectivity index (χ3n) is 7.13. The highest BCUT2D eigenvalue weighted by Crippen LogP contribution is 2.45. The van der Waals surface area contributed by atoms with Crippen LogP contribution in [0.4, 0.5) is 5.69 Å². The molecular weight excluding hydrogens is 482 g/mol. The van der Waals surface area contributed by atoms with Gasteiger partial charge in [-0.25, -0.2) is 0 Å². The van der Waals surface area contributed by atoms with Crippen molar-refractivity contribution in [3.63, 3.8) is 0 Å². The number of rotatable bonds is 10. The molecule has 1 amide bonds. The van der Waals surface area contributed by atoms with Crippen molar-refractivity contribution in [3.8, 4) is 11.5 Å². The number of hydrogen-bond acceptors (Lipinski definition) is 7. The van der Waals surface area contributed by atoms with Crippen LogP contribution in [0.3, 0.4) is 0 Å². The maximum Gasteiger partial charge on any atom is 0.302 e. The number of methoxy groups -OCH3 is 1. The summed E-state index contributed by atoms with van der Waals surface area (Å²) in [6.45, 7) is 4.83. The lowest BCUT2D eigenvalue weighted by Crippen LogP contribution is -2.36. The number of carbonyl (C=O) groups is 2. The van der Waals surface area contributed by atoms with E-state index in [4.69, 9.17) is 19.2 Å². The SMILES string of the molecule is CCOc1cc2c(cc1OC)C(c1ccc(NC(=O)CCCN(C)C)cc1)=NC1CCC(OC(C)=O)CC21. The Morgan fingerprint density at radius 1 is 1.11 bits per heavy atom. The van der Waals surface area contributed by atoms with E-state index >= 15 is 0 Å². The molecule has 1 aliphatic carbocycles. The molecule has 0 spiro atoms. The standard InChI is InChI=1S/C30H39N3O5/c1-6-37-28-17-23-24-16-22(38-19(2)34)13-14-26(24)32-30(25(23)18-27(28)36-5)20-9-11-21(12-10-20)31-29(35)8-7-15-33(3)4/h9-12,17-18,22,24,26H,6-8,13-16H2,1-5H3,(H,31,35). The molecule has 1 saturated carbocycles. The Labute approximate surface area is 225 Å². The summed E-state index contributed by atoms with van der Waals surface area (Å²) in [5.41, 5.74) is 4.78. The third-order valence-corrected chi connectivity index (χ3v) is 7.13. The smallest absolute Gasteiger partial charge is 0.302 e. The Morgan fingerprint density at radius 2 is 1.87 bits per heavy atom. The number of hydrogen-bond donors (Lipinski definition) is 1. The van der Waals surface area contributed by atoms with Crippen LogP contribution in [0.1, 0.15) is 68.6 Å². The van der Waals surface area contributed by atoms with Crippen molar-refractivity contribution in [1.82, 2.24) is 4.90 Å². The fraction of sp³-hybridized carbons (Fsp3) is 0.500. The predicted molar refractivity (Wildman–Crippen MR) is 149 cm³/mol. The van der Waals surface area contributed by atoms with Gasteiger partial charge in [-0.1, -0.05) is 12.1 Å². The van der Waals surface area contributed by atoms with Gasteiger partial charge in [0.15, 0.2) is 11.5 Å². The largest absolute Gasteiger partial charge is 0.493 e. The van der Waals surface area contributed by atoms with Gasteiger partial charge < -0.3 is 24.4 Å². The normalized spacial score (nSPS) is 20.2. The Morgan fingerprint density at radius 3 is 2.53 bits per heavy atom. The zero-order chi connectivity index (χ0) is 27.2. The highest BCUT2D eigenvalue weighted by Gasteiger charge is 2.38. The van der Waals surface area contributed by atoms with Crippen LogP contribution in [0.25, 0.3) is 0 Å². The first-order chi connectivity index (χ1) is 18.3. The Bertz CT molecular complexity index is 1180. The molecule has 2 aliphatic rings. The molecule has 204 valence electrons. The van der Waals surface area contributed by atoms with Crippen molar-refractivity contribution in [1.29, 1.82) is 0 Å². The second kappa shape index (κ2) is 12.4. The zero-order valence-electron chi connectivity index (χ0n) is 23.1. The van der Waals surface area contributed by atoms with Crippen LogP contribution in [0, 0.1) is 0 Å². The summed E-state index contributed by atoms with van der Waals surface area (Å²) >= 11 is 0. The number of fused-ring (bicyclic) bond motifs is 3. The molecule has 3 atom stereocenters. The number of esters is 1. The van der Waals surface area contributed by atoms with E-state index in [1.54, 1.807) is 7.11 Å². The van der Waals surface area contributed by atoms with Crippen molar-refractivity contribution in [2.45, 2.75) is 64.0 Å². The highest BCUT2D eigenvalue weighted by molar-refractivity contribution is 6.15. The van der Waals surface area contributed by atoms with E-state index < -0.39 is 0 Å². The molecule has 2 aromatic carbocycles.